The average molecular weight is 418 g/mol. The summed E-state index contributed by atoms with van der Waals surface area (Å²) in [5, 5.41) is 17.2. The first-order valence-electron chi connectivity index (χ1n) is 9.16. The highest BCUT2D eigenvalue weighted by atomic mass is 32.1. The molecule has 2 heterocycles. The number of thiophene rings is 1. The summed E-state index contributed by atoms with van der Waals surface area (Å²) in [5.74, 6) is -0.379. The number of primary amides is 1. The summed E-state index contributed by atoms with van der Waals surface area (Å²) in [4.78, 5) is 26.1. The Morgan fingerprint density at radius 2 is 1.80 bits per heavy atom. The maximum Gasteiger partial charge on any atom is 0.248 e. The highest BCUT2D eigenvalue weighted by molar-refractivity contribution is 7.10. The van der Waals surface area contributed by atoms with Crippen molar-refractivity contribution < 1.29 is 9.59 Å². The Morgan fingerprint density at radius 1 is 1.03 bits per heavy atom. The summed E-state index contributed by atoms with van der Waals surface area (Å²) in [7, 11) is 0. The molecule has 8 nitrogen and oxygen atoms in total. The van der Waals surface area contributed by atoms with E-state index in [1.54, 1.807) is 35.6 Å². The molecule has 0 saturated heterocycles. The Bertz CT molecular complexity index is 1140. The quantitative estimate of drug-likeness (QED) is 0.478. The predicted octanol–water partition coefficient (Wildman–Crippen LogP) is 2.41. The van der Waals surface area contributed by atoms with Gasteiger partial charge in [0, 0.05) is 16.0 Å². The zero-order chi connectivity index (χ0) is 20.9. The largest absolute Gasteiger partial charge is 0.366 e. The monoisotopic (exact) mass is 418 g/mol. The number of aromatic nitrogens is 4. The highest BCUT2D eigenvalue weighted by Gasteiger charge is 2.19. The molecule has 30 heavy (non-hydrogen) atoms. The topological polar surface area (TPSA) is 116 Å². The van der Waals surface area contributed by atoms with Crippen molar-refractivity contribution in [1.82, 2.24) is 25.5 Å². The van der Waals surface area contributed by atoms with Crippen LogP contribution in [0.5, 0.6) is 0 Å². The van der Waals surface area contributed by atoms with Crippen molar-refractivity contribution in [1.29, 1.82) is 0 Å². The van der Waals surface area contributed by atoms with E-state index in [1.165, 1.54) is 4.80 Å². The number of nitrogens with zero attached hydrogens (tertiary/aromatic N) is 4. The second-order valence-corrected chi connectivity index (χ2v) is 7.49. The molecule has 0 fully saturated rings. The van der Waals surface area contributed by atoms with E-state index in [0.29, 0.717) is 17.0 Å². The number of carbonyl (C=O) groups is 2. The van der Waals surface area contributed by atoms with Crippen LogP contribution < -0.4 is 11.1 Å². The van der Waals surface area contributed by atoms with Crippen molar-refractivity contribution >= 4 is 23.2 Å². The number of hydrogen-bond donors (Lipinski definition) is 2. The lowest BCUT2D eigenvalue weighted by Gasteiger charge is -2.17. The molecule has 1 unspecified atom stereocenters. The van der Waals surface area contributed by atoms with E-state index in [1.807, 2.05) is 47.8 Å². The molecule has 9 heteroatoms. The van der Waals surface area contributed by atoms with Gasteiger partial charge in [-0.15, -0.1) is 21.5 Å². The minimum atomic E-state index is -0.506. The lowest BCUT2D eigenvalue weighted by Crippen LogP contribution is -2.32. The maximum atomic E-state index is 12.7. The van der Waals surface area contributed by atoms with Gasteiger partial charge in [0.05, 0.1) is 6.04 Å². The number of amides is 2. The van der Waals surface area contributed by atoms with Crippen LogP contribution in [0.15, 0.2) is 72.1 Å². The van der Waals surface area contributed by atoms with Gasteiger partial charge in [-0.1, -0.05) is 48.5 Å². The fourth-order valence-electron chi connectivity index (χ4n) is 2.96. The Morgan fingerprint density at radius 3 is 2.47 bits per heavy atom. The number of nitrogens with two attached hydrogens (primary N) is 1. The second kappa shape index (κ2) is 8.66. The highest BCUT2D eigenvalue weighted by Crippen LogP contribution is 2.25. The number of benzene rings is 2. The standard InChI is InChI=1S/C21H18N6O2S/c22-20(29)15-8-10-16(11-9-15)21-24-26-27(25-21)13-18(28)23-19(17-7-4-12-30-17)14-5-2-1-3-6-14/h1-12,19H,13H2,(H2,22,29)(H,23,28). The van der Waals surface area contributed by atoms with E-state index >= 15 is 0 Å². The van der Waals surface area contributed by atoms with Gasteiger partial charge in [-0.2, -0.15) is 4.80 Å². The number of tetrazole rings is 1. The smallest absolute Gasteiger partial charge is 0.248 e. The Labute approximate surface area is 176 Å². The third kappa shape index (κ3) is 4.41. The molecule has 2 aromatic heterocycles. The Balaban J connectivity index is 1.46. The van der Waals surface area contributed by atoms with E-state index in [-0.39, 0.29) is 18.5 Å². The first kappa shape index (κ1) is 19.5. The fraction of sp³-hybridized carbons (Fsp3) is 0.0952. The number of nitrogens with one attached hydrogen (secondary N) is 1. The molecular weight excluding hydrogens is 400 g/mol. The number of rotatable bonds is 7. The van der Waals surface area contributed by atoms with E-state index in [9.17, 15) is 9.59 Å². The molecule has 0 spiro atoms. The van der Waals surface area contributed by atoms with Crippen LogP contribution in [0.3, 0.4) is 0 Å². The molecule has 2 amide bonds. The zero-order valence-corrected chi connectivity index (χ0v) is 16.6. The molecule has 0 aliphatic carbocycles. The van der Waals surface area contributed by atoms with Gasteiger partial charge >= 0.3 is 0 Å². The van der Waals surface area contributed by atoms with Crippen LogP contribution in [-0.4, -0.2) is 32.0 Å². The third-order valence-corrected chi connectivity index (χ3v) is 5.37. The summed E-state index contributed by atoms with van der Waals surface area (Å²) in [6.45, 7) is -0.0684. The van der Waals surface area contributed by atoms with Crippen molar-refractivity contribution in [2.24, 2.45) is 5.73 Å². The summed E-state index contributed by atoms with van der Waals surface area (Å²) in [6, 6.07) is 20.0. The summed E-state index contributed by atoms with van der Waals surface area (Å²) < 4.78 is 0. The van der Waals surface area contributed by atoms with Crippen LogP contribution in [0, 0.1) is 0 Å². The van der Waals surface area contributed by atoms with Crippen LogP contribution in [0.2, 0.25) is 0 Å². The van der Waals surface area contributed by atoms with Crippen molar-refractivity contribution in [2.45, 2.75) is 12.6 Å². The van der Waals surface area contributed by atoms with Gasteiger partial charge in [0.1, 0.15) is 6.54 Å². The summed E-state index contributed by atoms with van der Waals surface area (Å²) >= 11 is 1.58. The molecule has 2 aromatic carbocycles. The zero-order valence-electron chi connectivity index (χ0n) is 15.8. The van der Waals surface area contributed by atoms with Crippen molar-refractivity contribution in [2.75, 3.05) is 0 Å². The minimum absolute atomic E-state index is 0.0684. The molecule has 150 valence electrons. The third-order valence-electron chi connectivity index (χ3n) is 4.43. The van der Waals surface area contributed by atoms with Crippen molar-refractivity contribution in [3.8, 4) is 11.4 Å². The van der Waals surface area contributed by atoms with E-state index in [4.69, 9.17) is 5.73 Å². The van der Waals surface area contributed by atoms with Gasteiger partial charge < -0.3 is 11.1 Å². The molecule has 3 N–H and O–H groups in total. The lowest BCUT2D eigenvalue weighted by atomic mass is 10.1. The lowest BCUT2D eigenvalue weighted by molar-refractivity contribution is -0.122. The Kier molecular flexibility index (Phi) is 5.62. The molecule has 0 saturated carbocycles. The maximum absolute atomic E-state index is 12.7. The molecular formula is C21H18N6O2S. The number of carbonyl (C=O) groups excluding carboxylic acids is 2. The fourth-order valence-corrected chi connectivity index (χ4v) is 3.77. The van der Waals surface area contributed by atoms with Gasteiger partial charge in [0.25, 0.3) is 0 Å². The normalized spacial score (nSPS) is 11.7. The van der Waals surface area contributed by atoms with Crippen LogP contribution in [0.25, 0.3) is 11.4 Å². The Hall–Kier alpha value is -3.85. The molecule has 0 bridgehead atoms. The van der Waals surface area contributed by atoms with E-state index < -0.39 is 5.91 Å². The van der Waals surface area contributed by atoms with Crippen LogP contribution in [0.1, 0.15) is 26.8 Å². The predicted molar refractivity (Wildman–Crippen MR) is 113 cm³/mol. The first-order chi connectivity index (χ1) is 14.6. The summed E-state index contributed by atoms with van der Waals surface area (Å²) in [6.07, 6.45) is 0. The first-order valence-corrected chi connectivity index (χ1v) is 10.0. The average Bonchev–Trinajstić information content (AvgIpc) is 3.45. The van der Waals surface area contributed by atoms with Crippen molar-refractivity contribution in [3.05, 3.63) is 88.1 Å². The SMILES string of the molecule is NC(=O)c1ccc(-c2nnn(CC(=O)NC(c3ccccc3)c3cccs3)n2)cc1. The second-order valence-electron chi connectivity index (χ2n) is 6.51. The molecule has 4 aromatic rings. The van der Waals surface area contributed by atoms with Crippen molar-refractivity contribution in [3.63, 3.8) is 0 Å². The van der Waals surface area contributed by atoms with Gasteiger partial charge in [0.15, 0.2) is 0 Å². The van der Waals surface area contributed by atoms with Gasteiger partial charge in [-0.3, -0.25) is 9.59 Å². The summed E-state index contributed by atoms with van der Waals surface area (Å²) in [5.41, 5.74) is 7.31. The van der Waals surface area contributed by atoms with Gasteiger partial charge in [0.2, 0.25) is 17.6 Å². The molecule has 0 radical (unpaired) electrons. The van der Waals surface area contributed by atoms with Crippen LogP contribution >= 0.6 is 11.3 Å². The molecule has 1 atom stereocenters. The molecule has 0 aliphatic heterocycles. The minimum Gasteiger partial charge on any atom is -0.366 e. The number of hydrogen-bond acceptors (Lipinski definition) is 6. The van der Waals surface area contributed by atoms with Gasteiger partial charge in [-0.25, -0.2) is 0 Å². The molecule has 4 rings (SSSR count). The van der Waals surface area contributed by atoms with E-state index in [0.717, 1.165) is 10.4 Å². The van der Waals surface area contributed by atoms with Gasteiger partial charge in [-0.05, 0) is 34.4 Å². The molecule has 0 aliphatic rings. The van der Waals surface area contributed by atoms with Crippen LogP contribution in [-0.2, 0) is 11.3 Å². The van der Waals surface area contributed by atoms with Crippen LogP contribution in [0.4, 0.5) is 0 Å². The van der Waals surface area contributed by atoms with E-state index in [2.05, 4.69) is 20.7 Å².